The number of halogens is 1. The van der Waals surface area contributed by atoms with Gasteiger partial charge in [-0.25, -0.2) is 4.79 Å². The molecule has 0 atom stereocenters. The van der Waals surface area contributed by atoms with Gasteiger partial charge in [0.1, 0.15) is 5.52 Å². The number of fused-ring (bicyclic) bond motifs is 1. The van der Waals surface area contributed by atoms with Crippen LogP contribution in [0.2, 0.25) is 5.02 Å². The van der Waals surface area contributed by atoms with Crippen molar-refractivity contribution in [2.45, 2.75) is 6.73 Å². The number of rotatable bonds is 7. The maximum atomic E-state index is 13.0. The minimum atomic E-state index is -0.845. The zero-order valence-electron chi connectivity index (χ0n) is 18.6. The van der Waals surface area contributed by atoms with E-state index in [1.807, 2.05) is 0 Å². The van der Waals surface area contributed by atoms with E-state index in [0.717, 1.165) is 4.68 Å². The number of carbonyl (C=O) groups is 2. The third kappa shape index (κ3) is 4.92. The lowest BCUT2D eigenvalue weighted by Gasteiger charge is -2.15. The van der Waals surface area contributed by atoms with Crippen LogP contribution in [0.3, 0.4) is 0 Å². The third-order valence-electron chi connectivity index (χ3n) is 5.06. The van der Waals surface area contributed by atoms with E-state index in [1.165, 1.54) is 26.4 Å². The Morgan fingerprint density at radius 1 is 0.971 bits per heavy atom. The van der Waals surface area contributed by atoms with Gasteiger partial charge in [0.2, 0.25) is 0 Å². The Labute approximate surface area is 204 Å². The van der Waals surface area contributed by atoms with Gasteiger partial charge in [-0.05, 0) is 24.3 Å². The van der Waals surface area contributed by atoms with Gasteiger partial charge < -0.3 is 19.5 Å². The van der Waals surface area contributed by atoms with E-state index in [0.29, 0.717) is 10.9 Å². The second-order valence-electron chi connectivity index (χ2n) is 7.16. The maximum Gasteiger partial charge on any atom is 0.342 e. The molecule has 0 fully saturated rings. The van der Waals surface area contributed by atoms with Crippen LogP contribution in [0.15, 0.2) is 65.5 Å². The third-order valence-corrected chi connectivity index (χ3v) is 5.39. The number of anilines is 1. The number of ether oxygens (including phenoxy) is 3. The number of benzene rings is 3. The molecule has 0 unspecified atom stereocenters. The number of nitrogens with zero attached hydrogens (tertiary/aromatic N) is 3. The van der Waals surface area contributed by atoms with Gasteiger partial charge in [0.15, 0.2) is 18.2 Å². The van der Waals surface area contributed by atoms with Crippen LogP contribution in [-0.4, -0.2) is 41.1 Å². The summed E-state index contributed by atoms with van der Waals surface area (Å²) in [7, 11) is 2.82. The fourth-order valence-electron chi connectivity index (χ4n) is 3.29. The van der Waals surface area contributed by atoms with E-state index in [-0.39, 0.29) is 33.3 Å². The lowest BCUT2D eigenvalue weighted by atomic mass is 10.1. The molecule has 0 bridgehead atoms. The zero-order chi connectivity index (χ0) is 24.9. The second kappa shape index (κ2) is 10.2. The summed E-state index contributed by atoms with van der Waals surface area (Å²) in [6.07, 6.45) is 0. The van der Waals surface area contributed by atoms with Gasteiger partial charge in [0.25, 0.3) is 11.5 Å². The zero-order valence-corrected chi connectivity index (χ0v) is 19.4. The minimum absolute atomic E-state index is 0.0372. The van der Waals surface area contributed by atoms with Gasteiger partial charge in [-0.1, -0.05) is 41.1 Å². The summed E-state index contributed by atoms with van der Waals surface area (Å²) in [6.45, 7) is -0.498. The molecule has 1 N–H and O–H groups in total. The predicted octanol–water partition coefficient (Wildman–Crippen LogP) is 3.53. The average molecular weight is 495 g/mol. The Morgan fingerprint density at radius 3 is 2.40 bits per heavy atom. The number of methoxy groups -OCH3 is 2. The van der Waals surface area contributed by atoms with Crippen LogP contribution in [0.4, 0.5) is 5.69 Å². The van der Waals surface area contributed by atoms with Crippen molar-refractivity contribution >= 4 is 40.1 Å². The Kier molecular flexibility index (Phi) is 6.93. The van der Waals surface area contributed by atoms with E-state index >= 15 is 0 Å². The SMILES string of the molecule is COc1cc(NC(=O)c2ccccc2Cl)c(C(=O)OCn2nnc3ccccc3c2=O)cc1OC. The van der Waals surface area contributed by atoms with Gasteiger partial charge in [0, 0.05) is 12.1 Å². The molecule has 0 spiro atoms. The fraction of sp³-hybridized carbons (Fsp3) is 0.125. The van der Waals surface area contributed by atoms with Gasteiger partial charge in [-0.3, -0.25) is 9.59 Å². The van der Waals surface area contributed by atoms with Crippen molar-refractivity contribution < 1.29 is 23.8 Å². The fourth-order valence-corrected chi connectivity index (χ4v) is 3.51. The number of nitrogens with one attached hydrogen (secondary N) is 1. The highest BCUT2D eigenvalue weighted by atomic mass is 35.5. The molecular formula is C24H19ClN4O6. The summed E-state index contributed by atoms with van der Waals surface area (Å²) in [5, 5.41) is 11.0. The Hall–Kier alpha value is -4.44. The molecule has 1 heterocycles. The standard InChI is InChI=1S/C24H19ClN4O6/c1-33-20-11-16(19(12-21(20)34-2)26-22(30)14-7-3-5-9-17(14)25)24(32)35-13-29-23(31)15-8-4-6-10-18(15)27-28-29/h3-12H,13H2,1-2H3,(H,26,30). The molecule has 11 heteroatoms. The van der Waals surface area contributed by atoms with Crippen molar-refractivity contribution in [1.29, 1.82) is 0 Å². The lowest BCUT2D eigenvalue weighted by Crippen LogP contribution is -2.27. The highest BCUT2D eigenvalue weighted by Crippen LogP contribution is 2.34. The predicted molar refractivity (Wildman–Crippen MR) is 128 cm³/mol. The van der Waals surface area contributed by atoms with Crippen LogP contribution < -0.4 is 20.3 Å². The molecule has 4 rings (SSSR count). The van der Waals surface area contributed by atoms with E-state index in [4.69, 9.17) is 25.8 Å². The molecule has 0 saturated carbocycles. The number of aromatic nitrogens is 3. The molecule has 4 aromatic rings. The van der Waals surface area contributed by atoms with Crippen molar-refractivity contribution in [3.8, 4) is 11.5 Å². The lowest BCUT2D eigenvalue weighted by molar-refractivity contribution is 0.0337. The monoisotopic (exact) mass is 494 g/mol. The molecule has 0 aliphatic carbocycles. The number of amides is 1. The van der Waals surface area contributed by atoms with Crippen LogP contribution >= 0.6 is 11.6 Å². The largest absolute Gasteiger partial charge is 0.493 e. The molecule has 1 aromatic heterocycles. The van der Waals surface area contributed by atoms with Crippen molar-refractivity contribution in [3.63, 3.8) is 0 Å². The molecule has 10 nitrogen and oxygen atoms in total. The molecule has 0 radical (unpaired) electrons. The molecule has 35 heavy (non-hydrogen) atoms. The molecular weight excluding hydrogens is 476 g/mol. The molecule has 0 aliphatic heterocycles. The smallest absolute Gasteiger partial charge is 0.342 e. The summed E-state index contributed by atoms with van der Waals surface area (Å²) in [5.41, 5.74) is 0.216. The molecule has 0 aliphatic rings. The highest BCUT2D eigenvalue weighted by molar-refractivity contribution is 6.34. The normalized spacial score (nSPS) is 10.6. The van der Waals surface area contributed by atoms with Gasteiger partial charge in [0.05, 0.1) is 41.4 Å². The van der Waals surface area contributed by atoms with Crippen molar-refractivity contribution in [3.05, 3.63) is 87.2 Å². The van der Waals surface area contributed by atoms with E-state index in [2.05, 4.69) is 15.6 Å². The van der Waals surface area contributed by atoms with Crippen LogP contribution in [0.1, 0.15) is 20.7 Å². The topological polar surface area (TPSA) is 122 Å². The first-order valence-electron chi connectivity index (χ1n) is 10.2. The Balaban J connectivity index is 1.64. The number of hydrogen-bond donors (Lipinski definition) is 1. The van der Waals surface area contributed by atoms with E-state index in [9.17, 15) is 14.4 Å². The summed E-state index contributed by atoms with van der Waals surface area (Å²) < 4.78 is 16.8. The Morgan fingerprint density at radius 2 is 1.66 bits per heavy atom. The van der Waals surface area contributed by atoms with E-state index in [1.54, 1.807) is 48.5 Å². The second-order valence-corrected chi connectivity index (χ2v) is 7.57. The van der Waals surface area contributed by atoms with Crippen LogP contribution in [0.25, 0.3) is 10.9 Å². The summed E-state index contributed by atoms with van der Waals surface area (Å²) >= 11 is 6.13. The first-order chi connectivity index (χ1) is 16.9. The molecule has 3 aromatic carbocycles. The highest BCUT2D eigenvalue weighted by Gasteiger charge is 2.21. The minimum Gasteiger partial charge on any atom is -0.493 e. The van der Waals surface area contributed by atoms with Gasteiger partial charge >= 0.3 is 5.97 Å². The quantitative estimate of drug-likeness (QED) is 0.387. The summed E-state index contributed by atoms with van der Waals surface area (Å²) in [4.78, 5) is 38.5. The Bertz CT molecular complexity index is 1490. The first-order valence-corrected chi connectivity index (χ1v) is 10.6. The maximum absolute atomic E-state index is 13.0. The number of esters is 1. The van der Waals surface area contributed by atoms with E-state index < -0.39 is 24.2 Å². The number of carbonyl (C=O) groups excluding carboxylic acids is 2. The molecule has 1 amide bonds. The number of hydrogen-bond acceptors (Lipinski definition) is 8. The average Bonchev–Trinajstić information content (AvgIpc) is 2.88. The first kappa shape index (κ1) is 23.7. The van der Waals surface area contributed by atoms with Crippen molar-refractivity contribution in [2.24, 2.45) is 0 Å². The van der Waals surface area contributed by atoms with Crippen molar-refractivity contribution in [1.82, 2.24) is 15.0 Å². The van der Waals surface area contributed by atoms with Crippen LogP contribution in [0.5, 0.6) is 11.5 Å². The van der Waals surface area contributed by atoms with Crippen molar-refractivity contribution in [2.75, 3.05) is 19.5 Å². The summed E-state index contributed by atoms with van der Waals surface area (Å²) in [5.74, 6) is -0.885. The van der Waals surface area contributed by atoms with Crippen LogP contribution in [0, 0.1) is 0 Å². The molecule has 0 saturated heterocycles. The summed E-state index contributed by atoms with van der Waals surface area (Å²) in [6, 6.07) is 15.9. The van der Waals surface area contributed by atoms with Gasteiger partial charge in [-0.2, -0.15) is 4.68 Å². The van der Waals surface area contributed by atoms with Crippen LogP contribution in [-0.2, 0) is 11.5 Å². The molecule has 178 valence electrons. The van der Waals surface area contributed by atoms with Gasteiger partial charge in [-0.15, -0.1) is 5.10 Å².